The summed E-state index contributed by atoms with van der Waals surface area (Å²) in [7, 11) is 2.66. The number of aromatic nitrogens is 2. The molecule has 2 heterocycles. The van der Waals surface area contributed by atoms with Crippen LogP contribution in [0.4, 0.5) is 34.9 Å². The first-order chi connectivity index (χ1) is 16.6. The second kappa shape index (κ2) is 10.7. The number of anilines is 3. The molecule has 0 aliphatic rings. The molecule has 0 saturated heterocycles. The Morgan fingerprint density at radius 1 is 1.03 bits per heavy atom. The molecule has 2 amide bonds. The molecule has 0 bridgehead atoms. The Kier molecular flexibility index (Phi) is 7.69. The van der Waals surface area contributed by atoms with Crippen LogP contribution in [0.1, 0.15) is 20.7 Å². The number of carbonyl (C=O) groups is 2. The van der Waals surface area contributed by atoms with E-state index in [2.05, 4.69) is 30.7 Å². The topological polar surface area (TPSA) is 114 Å². The molecular weight excluding hydrogens is 474 g/mol. The highest BCUT2D eigenvalue weighted by molar-refractivity contribution is 6.10. The van der Waals surface area contributed by atoms with Gasteiger partial charge in [0.25, 0.3) is 11.8 Å². The highest BCUT2D eigenvalue weighted by Gasteiger charge is 2.28. The Balaban J connectivity index is 1.84. The number of nitrogens with one attached hydrogen (secondary N) is 3. The van der Waals surface area contributed by atoms with E-state index in [1.54, 1.807) is 0 Å². The Morgan fingerprint density at radius 3 is 2.40 bits per heavy atom. The summed E-state index contributed by atoms with van der Waals surface area (Å²) >= 11 is 0. The highest BCUT2D eigenvalue weighted by atomic mass is 19.4. The molecule has 3 aromatic rings. The van der Waals surface area contributed by atoms with Gasteiger partial charge < -0.3 is 25.4 Å². The molecule has 1 aromatic carbocycles. The monoisotopic (exact) mass is 493 g/mol. The van der Waals surface area contributed by atoms with E-state index in [-0.39, 0.29) is 39.9 Å². The molecule has 0 radical (unpaired) electrons. The van der Waals surface area contributed by atoms with Crippen molar-refractivity contribution in [1.29, 1.82) is 0 Å². The summed E-state index contributed by atoms with van der Waals surface area (Å²) in [5.74, 6) is -2.04. The van der Waals surface area contributed by atoms with Gasteiger partial charge in [-0.2, -0.15) is 13.2 Å². The first kappa shape index (κ1) is 25.2. The van der Waals surface area contributed by atoms with Crippen LogP contribution in [-0.4, -0.2) is 48.7 Å². The lowest BCUT2D eigenvalue weighted by atomic mass is 10.1. The molecule has 0 aliphatic carbocycles. The van der Waals surface area contributed by atoms with Gasteiger partial charge in [0.05, 0.1) is 24.6 Å². The van der Waals surface area contributed by atoms with Crippen molar-refractivity contribution in [3.05, 3.63) is 65.7 Å². The fraction of sp³-hybridized carbons (Fsp3) is 0.182. The van der Waals surface area contributed by atoms with Crippen LogP contribution in [0.5, 0.6) is 11.5 Å². The van der Waals surface area contributed by atoms with Gasteiger partial charge in [0.1, 0.15) is 34.5 Å². The van der Waals surface area contributed by atoms with E-state index in [0.29, 0.717) is 0 Å². The van der Waals surface area contributed by atoms with Crippen LogP contribution < -0.4 is 25.4 Å². The molecule has 184 valence electrons. The van der Waals surface area contributed by atoms with E-state index >= 15 is 0 Å². The van der Waals surface area contributed by atoms with E-state index in [1.807, 2.05) is 0 Å². The third-order valence-electron chi connectivity index (χ3n) is 4.44. The van der Waals surface area contributed by atoms with E-state index in [9.17, 15) is 27.2 Å². The first-order valence-corrected chi connectivity index (χ1v) is 9.90. The molecule has 35 heavy (non-hydrogen) atoms. The van der Waals surface area contributed by atoms with Gasteiger partial charge in [-0.1, -0.05) is 6.07 Å². The molecule has 0 atom stereocenters. The third kappa shape index (κ3) is 6.56. The zero-order valence-electron chi connectivity index (χ0n) is 18.4. The number of ether oxygens (including phenoxy) is 2. The molecule has 13 heteroatoms. The molecule has 0 aliphatic heterocycles. The first-order valence-electron chi connectivity index (χ1n) is 9.90. The van der Waals surface area contributed by atoms with Gasteiger partial charge in [-0.15, -0.1) is 0 Å². The standard InChI is InChI=1S/C22H19F4N5O4/c1-27-20(32)13-10-29-18(31-17-7-6-12(9-28-17)35-11-22(24,25)26)8-15(13)30-21(33)19-14(23)4-3-5-16(19)34-2/h3-10H,11H2,1-2H3,(H,27,32)(H2,28,29,30,31,33). The van der Waals surface area contributed by atoms with E-state index in [4.69, 9.17) is 4.74 Å². The number of carbonyl (C=O) groups excluding carboxylic acids is 2. The fourth-order valence-electron chi connectivity index (χ4n) is 2.86. The summed E-state index contributed by atoms with van der Waals surface area (Å²) in [6, 6.07) is 7.80. The van der Waals surface area contributed by atoms with Gasteiger partial charge in [0.2, 0.25) is 0 Å². The maximum absolute atomic E-state index is 14.3. The number of nitrogens with zero attached hydrogens (tertiary/aromatic N) is 2. The van der Waals surface area contributed by atoms with Gasteiger partial charge in [-0.05, 0) is 24.3 Å². The lowest BCUT2D eigenvalue weighted by Crippen LogP contribution is -2.22. The van der Waals surface area contributed by atoms with Crippen molar-refractivity contribution in [2.45, 2.75) is 6.18 Å². The van der Waals surface area contributed by atoms with E-state index in [1.165, 1.54) is 50.7 Å². The molecule has 9 nitrogen and oxygen atoms in total. The highest BCUT2D eigenvalue weighted by Crippen LogP contribution is 2.26. The number of amides is 2. The van der Waals surface area contributed by atoms with Gasteiger partial charge in [0, 0.05) is 19.3 Å². The smallest absolute Gasteiger partial charge is 0.422 e. The van der Waals surface area contributed by atoms with Crippen LogP contribution in [0, 0.1) is 5.82 Å². The average Bonchev–Trinajstić information content (AvgIpc) is 2.82. The Morgan fingerprint density at radius 2 is 1.77 bits per heavy atom. The fourth-order valence-corrected chi connectivity index (χ4v) is 2.86. The lowest BCUT2D eigenvalue weighted by molar-refractivity contribution is -0.153. The van der Waals surface area contributed by atoms with Crippen molar-refractivity contribution >= 4 is 29.1 Å². The predicted molar refractivity (Wildman–Crippen MR) is 118 cm³/mol. The van der Waals surface area contributed by atoms with Crippen molar-refractivity contribution in [1.82, 2.24) is 15.3 Å². The van der Waals surface area contributed by atoms with Crippen LogP contribution in [0.25, 0.3) is 0 Å². The van der Waals surface area contributed by atoms with Crippen molar-refractivity contribution in [2.75, 3.05) is 31.4 Å². The van der Waals surface area contributed by atoms with Crippen LogP contribution >= 0.6 is 0 Å². The Hall–Kier alpha value is -4.42. The summed E-state index contributed by atoms with van der Waals surface area (Å²) in [6.07, 6.45) is -2.23. The summed E-state index contributed by atoms with van der Waals surface area (Å²) in [5.41, 5.74) is -0.367. The minimum atomic E-state index is -4.49. The largest absolute Gasteiger partial charge is 0.496 e. The van der Waals surface area contributed by atoms with E-state index in [0.717, 1.165) is 12.3 Å². The van der Waals surface area contributed by atoms with Gasteiger partial charge in [-0.25, -0.2) is 14.4 Å². The van der Waals surface area contributed by atoms with E-state index < -0.39 is 30.4 Å². The molecule has 0 saturated carbocycles. The molecule has 3 N–H and O–H groups in total. The molecular formula is C22H19F4N5O4. The van der Waals surface area contributed by atoms with Crippen molar-refractivity contribution < 1.29 is 36.6 Å². The summed E-state index contributed by atoms with van der Waals surface area (Å²) in [5, 5.41) is 7.68. The number of rotatable bonds is 8. The third-order valence-corrected chi connectivity index (χ3v) is 4.44. The quantitative estimate of drug-likeness (QED) is 0.408. The molecule has 3 rings (SSSR count). The second-order valence-electron chi connectivity index (χ2n) is 6.87. The summed E-state index contributed by atoms with van der Waals surface area (Å²) in [4.78, 5) is 33.1. The maximum Gasteiger partial charge on any atom is 0.422 e. The minimum absolute atomic E-state index is 0.00212. The molecule has 0 fully saturated rings. The van der Waals surface area contributed by atoms with Crippen molar-refractivity contribution in [2.24, 2.45) is 0 Å². The Bertz CT molecular complexity index is 1220. The SMILES string of the molecule is CNC(=O)c1cnc(Nc2ccc(OCC(F)(F)F)cn2)cc1NC(=O)c1c(F)cccc1OC. The van der Waals surface area contributed by atoms with Crippen LogP contribution in [0.3, 0.4) is 0 Å². The number of alkyl halides is 3. The number of benzene rings is 1. The number of hydrogen-bond acceptors (Lipinski definition) is 7. The number of methoxy groups -OCH3 is 1. The van der Waals surface area contributed by atoms with Crippen LogP contribution in [-0.2, 0) is 0 Å². The van der Waals surface area contributed by atoms with Crippen LogP contribution in [0.2, 0.25) is 0 Å². The van der Waals surface area contributed by atoms with Gasteiger partial charge >= 0.3 is 6.18 Å². The number of hydrogen-bond donors (Lipinski definition) is 3. The van der Waals surface area contributed by atoms with Crippen LogP contribution in [0.15, 0.2) is 48.8 Å². The predicted octanol–water partition coefficient (Wildman–Crippen LogP) is 3.92. The number of pyridine rings is 2. The second-order valence-corrected chi connectivity index (χ2v) is 6.87. The van der Waals surface area contributed by atoms with Gasteiger partial charge in [0.15, 0.2) is 6.61 Å². The van der Waals surface area contributed by atoms with Crippen molar-refractivity contribution in [3.63, 3.8) is 0 Å². The molecule has 2 aromatic heterocycles. The summed E-state index contributed by atoms with van der Waals surface area (Å²) in [6.45, 7) is -1.46. The van der Waals surface area contributed by atoms with Gasteiger partial charge in [-0.3, -0.25) is 9.59 Å². The average molecular weight is 493 g/mol. The lowest BCUT2D eigenvalue weighted by Gasteiger charge is -2.14. The zero-order chi connectivity index (χ0) is 25.6. The van der Waals surface area contributed by atoms with Crippen molar-refractivity contribution in [3.8, 4) is 11.5 Å². The summed E-state index contributed by atoms with van der Waals surface area (Å²) < 4.78 is 60.8. The number of halogens is 4. The Labute approximate surface area is 196 Å². The maximum atomic E-state index is 14.3. The zero-order valence-corrected chi connectivity index (χ0v) is 18.4. The molecule has 0 unspecified atom stereocenters. The molecule has 0 spiro atoms. The normalized spacial score (nSPS) is 10.9. The minimum Gasteiger partial charge on any atom is -0.496 e.